The van der Waals surface area contributed by atoms with E-state index in [1.807, 2.05) is 5.38 Å². The first-order valence-corrected chi connectivity index (χ1v) is 10.3. The van der Waals surface area contributed by atoms with Gasteiger partial charge in [0.2, 0.25) is 0 Å². The highest BCUT2D eigenvalue weighted by molar-refractivity contribution is 7.90. The molecule has 0 unspecified atom stereocenters. The highest BCUT2D eigenvalue weighted by Crippen LogP contribution is 2.34. The van der Waals surface area contributed by atoms with Crippen molar-refractivity contribution in [1.82, 2.24) is 4.98 Å². The van der Waals surface area contributed by atoms with Crippen LogP contribution in [0.3, 0.4) is 0 Å². The van der Waals surface area contributed by atoms with E-state index in [1.54, 1.807) is 11.3 Å². The first-order valence-electron chi connectivity index (χ1n) is 7.61. The van der Waals surface area contributed by atoms with Gasteiger partial charge in [0.25, 0.3) is 0 Å². The van der Waals surface area contributed by atoms with Gasteiger partial charge in [-0.15, -0.1) is 11.3 Å². The van der Waals surface area contributed by atoms with Crippen LogP contribution in [0.4, 0.5) is 0 Å². The minimum absolute atomic E-state index is 0.114. The zero-order valence-electron chi connectivity index (χ0n) is 12.5. The molecule has 0 amide bonds. The Morgan fingerprint density at radius 1 is 1.30 bits per heavy atom. The normalized spacial score (nSPS) is 17.8. The molecule has 1 aliphatic rings. The summed E-state index contributed by atoms with van der Waals surface area (Å²) in [6.07, 6.45) is 7.07. The Balaban J connectivity index is 1.95. The van der Waals surface area contributed by atoms with E-state index in [2.05, 4.69) is 18.8 Å². The number of rotatable bonds is 6. The summed E-state index contributed by atoms with van der Waals surface area (Å²) >= 11 is 1.65. The molecule has 0 atom stereocenters. The molecule has 5 heteroatoms. The maximum absolute atomic E-state index is 12.1. The lowest BCUT2D eigenvalue weighted by Crippen LogP contribution is -2.12. The fourth-order valence-corrected chi connectivity index (χ4v) is 5.31. The van der Waals surface area contributed by atoms with Crippen molar-refractivity contribution in [1.29, 1.82) is 0 Å². The lowest BCUT2D eigenvalue weighted by Gasteiger charge is -2.18. The number of hydrogen-bond donors (Lipinski definition) is 0. The van der Waals surface area contributed by atoms with Crippen LogP contribution in [0.5, 0.6) is 0 Å². The van der Waals surface area contributed by atoms with Gasteiger partial charge in [-0.05, 0) is 25.2 Å². The summed E-state index contributed by atoms with van der Waals surface area (Å²) < 4.78 is 24.1. The zero-order valence-corrected chi connectivity index (χ0v) is 14.1. The minimum atomic E-state index is -3.00. The summed E-state index contributed by atoms with van der Waals surface area (Å²) in [6, 6.07) is 0. The predicted molar refractivity (Wildman–Crippen MR) is 84.9 cm³/mol. The third-order valence-corrected chi connectivity index (χ3v) is 6.55. The lowest BCUT2D eigenvalue weighted by atomic mass is 9.90. The Morgan fingerprint density at radius 3 is 2.65 bits per heavy atom. The third-order valence-electron chi connectivity index (χ3n) is 3.90. The standard InChI is InChI=1S/C15H25NO2S2/c1-12(2)8-9-20(17,18)11-14-10-19-15(16-14)13-6-4-3-5-7-13/h10,12-13H,3-9,11H2,1-2H3. The van der Waals surface area contributed by atoms with Crippen LogP contribution in [0.1, 0.15) is 69.0 Å². The van der Waals surface area contributed by atoms with E-state index in [0.717, 1.165) is 17.1 Å². The summed E-state index contributed by atoms with van der Waals surface area (Å²) in [6.45, 7) is 4.11. The summed E-state index contributed by atoms with van der Waals surface area (Å²) in [5.41, 5.74) is 0.749. The molecule has 1 fully saturated rings. The Labute approximate surface area is 126 Å². The average molecular weight is 316 g/mol. The van der Waals surface area contributed by atoms with Crippen molar-refractivity contribution in [3.63, 3.8) is 0 Å². The van der Waals surface area contributed by atoms with Crippen LogP contribution < -0.4 is 0 Å². The van der Waals surface area contributed by atoms with Crippen molar-refractivity contribution in [2.45, 2.75) is 64.0 Å². The highest BCUT2D eigenvalue weighted by atomic mass is 32.2. The van der Waals surface area contributed by atoms with Gasteiger partial charge in [-0.3, -0.25) is 0 Å². The summed E-state index contributed by atoms with van der Waals surface area (Å²) in [7, 11) is -3.00. The largest absolute Gasteiger partial charge is 0.245 e. The van der Waals surface area contributed by atoms with Gasteiger partial charge in [0, 0.05) is 11.3 Å². The predicted octanol–water partition coefficient (Wildman–Crippen LogP) is 4.15. The number of aromatic nitrogens is 1. The Bertz CT molecular complexity index is 514. The summed E-state index contributed by atoms with van der Waals surface area (Å²) in [4.78, 5) is 4.59. The van der Waals surface area contributed by atoms with E-state index in [1.165, 1.54) is 32.1 Å². The molecule has 1 heterocycles. The molecule has 114 valence electrons. The van der Waals surface area contributed by atoms with Crippen LogP contribution in [0.15, 0.2) is 5.38 Å². The average Bonchev–Trinajstić information content (AvgIpc) is 2.85. The molecule has 0 saturated heterocycles. The molecule has 1 saturated carbocycles. The van der Waals surface area contributed by atoms with Gasteiger partial charge in [0.15, 0.2) is 9.84 Å². The van der Waals surface area contributed by atoms with E-state index >= 15 is 0 Å². The molecule has 0 radical (unpaired) electrons. The highest BCUT2D eigenvalue weighted by Gasteiger charge is 2.20. The molecular formula is C15H25NO2S2. The molecule has 1 aromatic rings. The molecule has 1 aliphatic carbocycles. The fraction of sp³-hybridized carbons (Fsp3) is 0.800. The van der Waals surface area contributed by atoms with E-state index in [-0.39, 0.29) is 11.5 Å². The molecule has 1 aromatic heterocycles. The summed E-state index contributed by atoms with van der Waals surface area (Å²) in [5, 5.41) is 3.09. The number of thiazole rings is 1. The smallest absolute Gasteiger partial charge is 0.156 e. The molecule has 0 aromatic carbocycles. The van der Waals surface area contributed by atoms with Crippen molar-refractivity contribution in [3.8, 4) is 0 Å². The number of sulfone groups is 1. The van der Waals surface area contributed by atoms with Gasteiger partial charge in [-0.25, -0.2) is 13.4 Å². The van der Waals surface area contributed by atoms with Crippen LogP contribution in [0, 0.1) is 5.92 Å². The van der Waals surface area contributed by atoms with Crippen LogP contribution in [0.25, 0.3) is 0 Å². The van der Waals surface area contributed by atoms with E-state index in [4.69, 9.17) is 0 Å². The molecule has 0 N–H and O–H groups in total. The van der Waals surface area contributed by atoms with Crippen LogP contribution in [-0.4, -0.2) is 19.2 Å². The van der Waals surface area contributed by atoms with Crippen molar-refractivity contribution in [2.24, 2.45) is 5.92 Å². The van der Waals surface area contributed by atoms with E-state index in [9.17, 15) is 8.42 Å². The zero-order chi connectivity index (χ0) is 14.6. The van der Waals surface area contributed by atoms with Crippen LogP contribution in [0.2, 0.25) is 0 Å². The number of hydrogen-bond acceptors (Lipinski definition) is 4. The molecule has 0 spiro atoms. The van der Waals surface area contributed by atoms with Gasteiger partial charge in [0.05, 0.1) is 22.2 Å². The topological polar surface area (TPSA) is 47.0 Å². The first kappa shape index (κ1) is 16.0. The van der Waals surface area contributed by atoms with Gasteiger partial charge < -0.3 is 0 Å². The Kier molecular flexibility index (Phi) is 5.61. The van der Waals surface area contributed by atoms with Gasteiger partial charge in [0.1, 0.15) is 0 Å². The lowest BCUT2D eigenvalue weighted by molar-refractivity contribution is 0.442. The van der Waals surface area contributed by atoms with E-state index < -0.39 is 9.84 Å². The van der Waals surface area contributed by atoms with Crippen molar-refractivity contribution in [3.05, 3.63) is 16.1 Å². The second-order valence-electron chi connectivity index (χ2n) is 6.29. The Morgan fingerprint density at radius 2 is 2.00 bits per heavy atom. The quantitative estimate of drug-likeness (QED) is 0.792. The first-order chi connectivity index (χ1) is 9.46. The van der Waals surface area contributed by atoms with Crippen LogP contribution >= 0.6 is 11.3 Å². The summed E-state index contributed by atoms with van der Waals surface area (Å²) in [5.74, 6) is 1.39. The van der Waals surface area contributed by atoms with Crippen molar-refractivity contribution < 1.29 is 8.42 Å². The second kappa shape index (κ2) is 7.03. The van der Waals surface area contributed by atoms with E-state index in [0.29, 0.717) is 11.8 Å². The minimum Gasteiger partial charge on any atom is -0.245 e. The molecular weight excluding hydrogens is 290 g/mol. The second-order valence-corrected chi connectivity index (χ2v) is 9.36. The number of nitrogens with zero attached hydrogens (tertiary/aromatic N) is 1. The fourth-order valence-electron chi connectivity index (χ4n) is 2.64. The molecule has 3 nitrogen and oxygen atoms in total. The SMILES string of the molecule is CC(C)CCS(=O)(=O)Cc1csc(C2CCCCC2)n1. The third kappa shape index (κ3) is 4.85. The van der Waals surface area contributed by atoms with Crippen molar-refractivity contribution >= 4 is 21.2 Å². The van der Waals surface area contributed by atoms with Gasteiger partial charge >= 0.3 is 0 Å². The van der Waals surface area contributed by atoms with Crippen LogP contribution in [-0.2, 0) is 15.6 Å². The molecule has 2 rings (SSSR count). The molecule has 0 aliphatic heterocycles. The molecule has 0 bridgehead atoms. The maximum atomic E-state index is 12.1. The molecule has 20 heavy (non-hydrogen) atoms. The van der Waals surface area contributed by atoms with Crippen molar-refractivity contribution in [2.75, 3.05) is 5.75 Å². The Hall–Kier alpha value is -0.420. The monoisotopic (exact) mass is 315 g/mol. The van der Waals surface area contributed by atoms with Gasteiger partial charge in [-0.2, -0.15) is 0 Å². The van der Waals surface area contributed by atoms with Gasteiger partial charge in [-0.1, -0.05) is 33.1 Å². The maximum Gasteiger partial charge on any atom is 0.156 e.